The molecule has 3 aromatic carbocycles. The highest BCUT2D eigenvalue weighted by Crippen LogP contribution is 2.35. The molecule has 0 aliphatic rings. The van der Waals surface area contributed by atoms with Crippen LogP contribution in [0.2, 0.25) is 5.28 Å². The third-order valence-electron chi connectivity index (χ3n) is 5.17. The average molecular weight is 385 g/mol. The molecule has 3 nitrogen and oxygen atoms in total. The van der Waals surface area contributed by atoms with Gasteiger partial charge in [0.1, 0.15) is 11.2 Å². The van der Waals surface area contributed by atoms with Crippen molar-refractivity contribution >= 4 is 33.5 Å². The first-order valence-corrected chi connectivity index (χ1v) is 9.51. The van der Waals surface area contributed by atoms with Crippen LogP contribution >= 0.6 is 11.6 Å². The van der Waals surface area contributed by atoms with Crippen molar-refractivity contribution in [2.75, 3.05) is 0 Å². The molecule has 0 saturated carbocycles. The molecule has 136 valence electrons. The number of halogens is 1. The van der Waals surface area contributed by atoms with Gasteiger partial charge in [-0.2, -0.15) is 0 Å². The number of hydrogen-bond acceptors (Lipinski definition) is 3. The number of para-hydroxylation sites is 1. The van der Waals surface area contributed by atoms with Crippen LogP contribution in [0.25, 0.3) is 44.5 Å². The van der Waals surface area contributed by atoms with Gasteiger partial charge in [0.15, 0.2) is 0 Å². The minimum Gasteiger partial charge on any atom is -0.456 e. The molecule has 0 saturated heterocycles. The number of fused-ring (bicyclic) bond motifs is 3. The van der Waals surface area contributed by atoms with Gasteiger partial charge < -0.3 is 4.42 Å². The summed E-state index contributed by atoms with van der Waals surface area (Å²) in [7, 11) is 0. The molecule has 0 aliphatic carbocycles. The van der Waals surface area contributed by atoms with E-state index in [0.717, 1.165) is 55.6 Å². The maximum atomic E-state index is 6.33. The second-order valence-corrected chi connectivity index (χ2v) is 7.28. The first-order valence-electron chi connectivity index (χ1n) is 9.13. The predicted molar refractivity (Wildman–Crippen MR) is 115 cm³/mol. The normalized spacial score (nSPS) is 11.4. The summed E-state index contributed by atoms with van der Waals surface area (Å²) < 4.78 is 5.95. The lowest BCUT2D eigenvalue weighted by atomic mass is 9.98. The van der Waals surface area contributed by atoms with Gasteiger partial charge in [0, 0.05) is 27.5 Å². The van der Waals surface area contributed by atoms with Crippen LogP contribution in [0, 0.1) is 13.8 Å². The van der Waals surface area contributed by atoms with E-state index in [9.17, 15) is 0 Å². The van der Waals surface area contributed by atoms with Crippen molar-refractivity contribution in [3.05, 3.63) is 83.1 Å². The van der Waals surface area contributed by atoms with E-state index < -0.39 is 0 Å². The van der Waals surface area contributed by atoms with Gasteiger partial charge in [0.05, 0.1) is 11.4 Å². The Hall–Kier alpha value is -3.17. The maximum absolute atomic E-state index is 6.33. The van der Waals surface area contributed by atoms with Gasteiger partial charge >= 0.3 is 0 Å². The number of furan rings is 1. The third-order valence-corrected chi connectivity index (χ3v) is 5.34. The van der Waals surface area contributed by atoms with E-state index >= 15 is 0 Å². The Labute approximate surface area is 167 Å². The topological polar surface area (TPSA) is 38.9 Å². The fourth-order valence-electron chi connectivity index (χ4n) is 3.74. The summed E-state index contributed by atoms with van der Waals surface area (Å²) in [5.74, 6) is 0. The van der Waals surface area contributed by atoms with E-state index in [0.29, 0.717) is 0 Å². The van der Waals surface area contributed by atoms with Crippen molar-refractivity contribution in [2.45, 2.75) is 13.8 Å². The number of rotatable bonds is 2. The van der Waals surface area contributed by atoms with E-state index in [-0.39, 0.29) is 5.28 Å². The van der Waals surface area contributed by atoms with Crippen molar-refractivity contribution in [1.82, 2.24) is 9.97 Å². The smallest absolute Gasteiger partial charge is 0.223 e. The van der Waals surface area contributed by atoms with Crippen LogP contribution in [0.1, 0.15) is 11.1 Å². The van der Waals surface area contributed by atoms with Crippen LogP contribution in [0.5, 0.6) is 0 Å². The van der Waals surface area contributed by atoms with Crippen LogP contribution in [-0.4, -0.2) is 9.97 Å². The summed E-state index contributed by atoms with van der Waals surface area (Å²) in [6.45, 7) is 4.12. The Balaban J connectivity index is 1.75. The molecule has 0 N–H and O–H groups in total. The SMILES string of the molecule is Cc1ccccc1-c1nc(Cl)nc(-c2ccc3oc4ccccc4c3c2)c1C. The van der Waals surface area contributed by atoms with E-state index in [1.165, 1.54) is 0 Å². The standard InChI is InChI=1S/C24H17ClN2O/c1-14-7-3-4-8-17(14)23-15(2)22(26-24(25)27-23)16-11-12-21-19(13-16)18-9-5-6-10-20(18)28-21/h3-13H,1-2H3. The summed E-state index contributed by atoms with van der Waals surface area (Å²) in [6.07, 6.45) is 0. The number of benzene rings is 3. The Morgan fingerprint density at radius 3 is 2.32 bits per heavy atom. The molecule has 0 radical (unpaired) electrons. The monoisotopic (exact) mass is 384 g/mol. The van der Waals surface area contributed by atoms with Crippen molar-refractivity contribution in [3.63, 3.8) is 0 Å². The molecule has 2 heterocycles. The molecular weight excluding hydrogens is 368 g/mol. The molecule has 4 heteroatoms. The molecule has 0 spiro atoms. The first kappa shape index (κ1) is 17.0. The summed E-state index contributed by atoms with van der Waals surface area (Å²) in [4.78, 5) is 9.08. The van der Waals surface area contributed by atoms with Gasteiger partial charge in [-0.3, -0.25) is 0 Å². The van der Waals surface area contributed by atoms with E-state index in [2.05, 4.69) is 41.2 Å². The average Bonchev–Trinajstić information content (AvgIpc) is 3.08. The zero-order valence-corrected chi connectivity index (χ0v) is 16.3. The van der Waals surface area contributed by atoms with Crippen LogP contribution in [-0.2, 0) is 0 Å². The Morgan fingerprint density at radius 1 is 0.750 bits per heavy atom. The molecule has 0 unspecified atom stereocenters. The van der Waals surface area contributed by atoms with E-state index in [1.54, 1.807) is 0 Å². The predicted octanol–water partition coefficient (Wildman–Crippen LogP) is 6.98. The minimum absolute atomic E-state index is 0.246. The van der Waals surface area contributed by atoms with Crippen molar-refractivity contribution in [3.8, 4) is 22.5 Å². The number of nitrogens with zero attached hydrogens (tertiary/aromatic N) is 2. The molecule has 0 aliphatic heterocycles. The zero-order chi connectivity index (χ0) is 19.3. The lowest BCUT2D eigenvalue weighted by Gasteiger charge is -2.13. The van der Waals surface area contributed by atoms with Crippen LogP contribution < -0.4 is 0 Å². The third kappa shape index (κ3) is 2.67. The van der Waals surface area contributed by atoms with Crippen LogP contribution in [0.4, 0.5) is 0 Å². The van der Waals surface area contributed by atoms with Gasteiger partial charge in [-0.1, -0.05) is 42.5 Å². The van der Waals surface area contributed by atoms with Gasteiger partial charge in [0.2, 0.25) is 5.28 Å². The maximum Gasteiger partial charge on any atom is 0.223 e. The number of aromatic nitrogens is 2. The lowest BCUT2D eigenvalue weighted by molar-refractivity contribution is 0.669. The molecule has 0 amide bonds. The highest BCUT2D eigenvalue weighted by atomic mass is 35.5. The fourth-order valence-corrected chi connectivity index (χ4v) is 3.91. The van der Waals surface area contributed by atoms with Crippen molar-refractivity contribution in [2.24, 2.45) is 0 Å². The summed E-state index contributed by atoms with van der Waals surface area (Å²) >= 11 is 6.33. The molecule has 2 aromatic heterocycles. The highest BCUT2D eigenvalue weighted by molar-refractivity contribution is 6.28. The second kappa shape index (κ2) is 6.47. The highest BCUT2D eigenvalue weighted by Gasteiger charge is 2.16. The number of aryl methyl sites for hydroxylation is 1. The summed E-state index contributed by atoms with van der Waals surface area (Å²) in [5.41, 5.74) is 7.68. The molecule has 0 fully saturated rings. The number of hydrogen-bond donors (Lipinski definition) is 0. The Bertz CT molecular complexity index is 1350. The van der Waals surface area contributed by atoms with Crippen molar-refractivity contribution < 1.29 is 4.42 Å². The van der Waals surface area contributed by atoms with E-state index in [4.69, 9.17) is 16.0 Å². The molecule has 5 rings (SSSR count). The van der Waals surface area contributed by atoms with Gasteiger partial charge in [-0.15, -0.1) is 0 Å². The molecule has 5 aromatic rings. The van der Waals surface area contributed by atoms with Gasteiger partial charge in [-0.25, -0.2) is 9.97 Å². The molecule has 0 atom stereocenters. The summed E-state index contributed by atoms with van der Waals surface area (Å²) in [6, 6.07) is 22.4. The van der Waals surface area contributed by atoms with Gasteiger partial charge in [-0.05, 0) is 55.3 Å². The lowest BCUT2D eigenvalue weighted by Crippen LogP contribution is -1.98. The molecule has 28 heavy (non-hydrogen) atoms. The van der Waals surface area contributed by atoms with Crippen molar-refractivity contribution in [1.29, 1.82) is 0 Å². The first-order chi connectivity index (χ1) is 13.6. The largest absolute Gasteiger partial charge is 0.456 e. The molecule has 0 bridgehead atoms. The van der Waals surface area contributed by atoms with Crippen LogP contribution in [0.3, 0.4) is 0 Å². The minimum atomic E-state index is 0.246. The Morgan fingerprint density at radius 2 is 1.46 bits per heavy atom. The van der Waals surface area contributed by atoms with Crippen LogP contribution in [0.15, 0.2) is 71.1 Å². The van der Waals surface area contributed by atoms with E-state index in [1.807, 2.05) is 49.4 Å². The molecular formula is C24H17ClN2O. The quantitative estimate of drug-likeness (QED) is 0.308. The zero-order valence-electron chi connectivity index (χ0n) is 15.5. The Kier molecular flexibility index (Phi) is 3.92. The second-order valence-electron chi connectivity index (χ2n) is 6.94. The summed E-state index contributed by atoms with van der Waals surface area (Å²) in [5, 5.41) is 2.41. The fraction of sp³-hybridized carbons (Fsp3) is 0.0833. The van der Waals surface area contributed by atoms with Gasteiger partial charge in [0.25, 0.3) is 0 Å².